The van der Waals surface area contributed by atoms with Crippen molar-refractivity contribution >= 4 is 17.8 Å². The molecule has 1 aromatic carbocycles. The smallest absolute Gasteiger partial charge is 0.475 e. The second-order valence-corrected chi connectivity index (χ2v) is 6.45. The predicted octanol–water partition coefficient (Wildman–Crippen LogP) is 1.93. The Kier molecular flexibility index (Phi) is 10.2. The van der Waals surface area contributed by atoms with Gasteiger partial charge < -0.3 is 15.6 Å². The molecule has 0 saturated carbocycles. The van der Waals surface area contributed by atoms with Crippen LogP contribution in [0.2, 0.25) is 0 Å². The highest BCUT2D eigenvalue weighted by atomic mass is 19.4. The molecule has 0 aromatic heterocycles. The van der Waals surface area contributed by atoms with Crippen LogP contribution in [0.4, 0.5) is 13.2 Å². The highest BCUT2D eigenvalue weighted by Gasteiger charge is 2.38. The van der Waals surface area contributed by atoms with Gasteiger partial charge >= 0.3 is 18.1 Å². The molecule has 0 fully saturated rings. The number of benzene rings is 1. The van der Waals surface area contributed by atoms with E-state index in [4.69, 9.17) is 25.2 Å². The third-order valence-corrected chi connectivity index (χ3v) is 2.65. The first-order valence-corrected chi connectivity index (χ1v) is 7.95. The first kappa shape index (κ1) is 25.3. The van der Waals surface area contributed by atoms with Crippen molar-refractivity contribution in [3.63, 3.8) is 0 Å². The number of carboxylic acids is 1. The summed E-state index contributed by atoms with van der Waals surface area (Å²) in [6.07, 6.45) is -5.27. The van der Waals surface area contributed by atoms with Gasteiger partial charge in [-0.1, -0.05) is 30.3 Å². The van der Waals surface area contributed by atoms with Crippen LogP contribution in [0.1, 0.15) is 32.8 Å². The minimum atomic E-state index is -5.08. The van der Waals surface area contributed by atoms with Crippen molar-refractivity contribution in [1.29, 1.82) is 0 Å². The number of ether oxygens (including phenoxy) is 1. The molecule has 0 aliphatic carbocycles. The van der Waals surface area contributed by atoms with Crippen molar-refractivity contribution in [3.8, 4) is 0 Å². The lowest BCUT2D eigenvalue weighted by Crippen LogP contribution is -2.40. The van der Waals surface area contributed by atoms with Crippen molar-refractivity contribution in [2.24, 2.45) is 5.73 Å². The van der Waals surface area contributed by atoms with Gasteiger partial charge in [0, 0.05) is 0 Å². The summed E-state index contributed by atoms with van der Waals surface area (Å²) in [6.45, 7) is 5.51. The Morgan fingerprint density at radius 1 is 1.14 bits per heavy atom. The van der Waals surface area contributed by atoms with E-state index < -0.39 is 35.7 Å². The first-order valence-electron chi connectivity index (χ1n) is 7.95. The van der Waals surface area contributed by atoms with Gasteiger partial charge in [0.15, 0.2) is 0 Å². The number of carboxylic acid groups (broad SMARTS) is 1. The molecule has 0 radical (unpaired) electrons. The highest BCUT2D eigenvalue weighted by Crippen LogP contribution is 2.13. The summed E-state index contributed by atoms with van der Waals surface area (Å²) < 4.78 is 36.8. The number of nitrogens with one attached hydrogen (secondary N) is 1. The number of halogens is 3. The molecule has 1 amide bonds. The highest BCUT2D eigenvalue weighted by molar-refractivity contribution is 5.84. The van der Waals surface area contributed by atoms with Crippen molar-refractivity contribution in [1.82, 2.24) is 5.48 Å². The number of alkyl halides is 3. The monoisotopic (exact) mass is 408 g/mol. The third-order valence-electron chi connectivity index (χ3n) is 2.65. The lowest BCUT2D eigenvalue weighted by Gasteiger charge is -2.19. The Morgan fingerprint density at radius 2 is 1.64 bits per heavy atom. The van der Waals surface area contributed by atoms with Crippen molar-refractivity contribution in [2.75, 3.05) is 0 Å². The van der Waals surface area contributed by atoms with Gasteiger partial charge in [-0.3, -0.25) is 14.4 Å². The largest absolute Gasteiger partial charge is 0.490 e. The van der Waals surface area contributed by atoms with Gasteiger partial charge in [-0.2, -0.15) is 13.2 Å². The first-order chi connectivity index (χ1) is 12.7. The van der Waals surface area contributed by atoms with E-state index in [1.807, 2.05) is 30.3 Å². The summed E-state index contributed by atoms with van der Waals surface area (Å²) >= 11 is 0. The van der Waals surface area contributed by atoms with Crippen molar-refractivity contribution in [2.45, 2.75) is 51.6 Å². The van der Waals surface area contributed by atoms with E-state index in [9.17, 15) is 22.8 Å². The molecule has 0 unspecified atom stereocenters. The number of nitrogens with two attached hydrogens (primary N) is 1. The number of aliphatic carboxylic acids is 1. The Labute approximate surface area is 159 Å². The SMILES string of the molecule is CC(C)(C)ONC(=O)C[C@H](N)C(=O)OCc1ccccc1.O=C(O)C(F)(F)F. The van der Waals surface area contributed by atoms with E-state index >= 15 is 0 Å². The third kappa shape index (κ3) is 12.7. The van der Waals surface area contributed by atoms with Gasteiger partial charge in [0.05, 0.1) is 12.0 Å². The quantitative estimate of drug-likeness (QED) is 0.485. The maximum Gasteiger partial charge on any atom is 0.490 e. The zero-order chi connectivity index (χ0) is 22.0. The molecule has 0 bridgehead atoms. The Morgan fingerprint density at radius 3 is 2.07 bits per heavy atom. The number of esters is 1. The number of hydrogen-bond donors (Lipinski definition) is 3. The van der Waals surface area contributed by atoms with E-state index in [1.54, 1.807) is 20.8 Å². The molecule has 1 rings (SSSR count). The molecule has 0 saturated heterocycles. The second-order valence-electron chi connectivity index (χ2n) is 6.45. The van der Waals surface area contributed by atoms with Crippen LogP contribution in [0.15, 0.2) is 30.3 Å². The van der Waals surface area contributed by atoms with Crippen LogP contribution in [0.3, 0.4) is 0 Å². The number of carbonyl (C=O) groups excluding carboxylic acids is 2. The standard InChI is InChI=1S/C15H22N2O4.C2HF3O2/c1-15(2,3)21-17-13(18)9-12(16)14(19)20-10-11-7-5-4-6-8-11;3-2(4,5)1(6)7/h4-8,12H,9-10,16H2,1-3H3,(H,17,18);(H,6,7)/t12-;/m0./s1. The summed E-state index contributed by atoms with van der Waals surface area (Å²) in [4.78, 5) is 37.2. The lowest BCUT2D eigenvalue weighted by molar-refractivity contribution is -0.192. The minimum absolute atomic E-state index is 0.132. The van der Waals surface area contributed by atoms with Crippen LogP contribution >= 0.6 is 0 Å². The second kappa shape index (κ2) is 11.2. The number of hydroxylamine groups is 1. The molecule has 8 nitrogen and oxygen atoms in total. The topological polar surface area (TPSA) is 128 Å². The Balaban J connectivity index is 0.000000887. The summed E-state index contributed by atoms with van der Waals surface area (Å²) in [7, 11) is 0. The van der Waals surface area contributed by atoms with E-state index in [-0.39, 0.29) is 13.0 Å². The molecule has 158 valence electrons. The van der Waals surface area contributed by atoms with E-state index in [0.29, 0.717) is 0 Å². The normalized spacial score (nSPS) is 12.2. The van der Waals surface area contributed by atoms with Crippen LogP contribution < -0.4 is 11.2 Å². The van der Waals surface area contributed by atoms with Gasteiger partial charge in [0.2, 0.25) is 5.91 Å². The van der Waals surface area contributed by atoms with Gasteiger partial charge in [0.1, 0.15) is 12.6 Å². The molecule has 1 aromatic rings. The molecule has 1 atom stereocenters. The van der Waals surface area contributed by atoms with Crippen molar-refractivity contribution < 1.29 is 42.2 Å². The number of rotatable bonds is 6. The molecule has 4 N–H and O–H groups in total. The van der Waals surface area contributed by atoms with Gasteiger partial charge in [-0.15, -0.1) is 0 Å². The Bertz CT molecular complexity index is 645. The summed E-state index contributed by atoms with van der Waals surface area (Å²) in [5, 5.41) is 7.12. The average Bonchev–Trinajstić information content (AvgIpc) is 2.58. The molecule has 0 heterocycles. The van der Waals surface area contributed by atoms with Crippen LogP contribution in [-0.2, 0) is 30.6 Å². The summed E-state index contributed by atoms with van der Waals surface area (Å²) in [6, 6.07) is 8.22. The molecular formula is C17H23F3N2O6. The van der Waals surface area contributed by atoms with E-state index in [2.05, 4.69) is 5.48 Å². The van der Waals surface area contributed by atoms with Gasteiger partial charge in [-0.05, 0) is 26.3 Å². The lowest BCUT2D eigenvalue weighted by atomic mass is 10.2. The zero-order valence-corrected chi connectivity index (χ0v) is 15.6. The van der Waals surface area contributed by atoms with Crippen molar-refractivity contribution in [3.05, 3.63) is 35.9 Å². The van der Waals surface area contributed by atoms with Gasteiger partial charge in [0.25, 0.3) is 0 Å². The van der Waals surface area contributed by atoms with E-state index in [1.165, 1.54) is 0 Å². The minimum Gasteiger partial charge on any atom is -0.475 e. The molecule has 11 heteroatoms. The molecule has 0 spiro atoms. The number of amides is 1. The zero-order valence-electron chi connectivity index (χ0n) is 15.6. The van der Waals surface area contributed by atoms with Crippen LogP contribution in [0.5, 0.6) is 0 Å². The molecule has 28 heavy (non-hydrogen) atoms. The van der Waals surface area contributed by atoms with E-state index in [0.717, 1.165) is 5.56 Å². The predicted molar refractivity (Wildman–Crippen MR) is 91.5 cm³/mol. The molecule has 0 aliphatic rings. The average molecular weight is 408 g/mol. The molecule has 0 aliphatic heterocycles. The fourth-order valence-electron chi connectivity index (χ4n) is 1.37. The molecular weight excluding hydrogens is 385 g/mol. The van der Waals surface area contributed by atoms with Crippen LogP contribution in [0.25, 0.3) is 0 Å². The maximum absolute atomic E-state index is 11.7. The van der Waals surface area contributed by atoms with Gasteiger partial charge in [-0.25, -0.2) is 10.3 Å². The Hall–Kier alpha value is -2.66. The van der Waals surface area contributed by atoms with Crippen LogP contribution in [-0.4, -0.2) is 40.8 Å². The van der Waals surface area contributed by atoms with Crippen LogP contribution in [0, 0.1) is 0 Å². The number of carbonyl (C=O) groups is 3. The fraction of sp³-hybridized carbons (Fsp3) is 0.471. The number of hydrogen-bond acceptors (Lipinski definition) is 6. The fourth-order valence-corrected chi connectivity index (χ4v) is 1.37. The maximum atomic E-state index is 11.7. The summed E-state index contributed by atoms with van der Waals surface area (Å²) in [5.41, 5.74) is 8.24. The summed E-state index contributed by atoms with van der Waals surface area (Å²) in [5.74, 6) is -3.84.